The van der Waals surface area contributed by atoms with E-state index in [9.17, 15) is 4.79 Å². The smallest absolute Gasteiger partial charge is 0.258 e. The summed E-state index contributed by atoms with van der Waals surface area (Å²) in [4.78, 5) is 14.5. The molecule has 1 aliphatic rings. The molecular weight excluding hydrogens is 380 g/mol. The highest BCUT2D eigenvalue weighted by molar-refractivity contribution is 5.78. The van der Waals surface area contributed by atoms with Crippen molar-refractivity contribution < 1.29 is 14.3 Å². The van der Waals surface area contributed by atoms with E-state index in [1.54, 1.807) is 7.11 Å². The van der Waals surface area contributed by atoms with Crippen molar-refractivity contribution in [3.05, 3.63) is 60.7 Å². The first kappa shape index (κ1) is 19.8. The number of rotatable bonds is 7. The molecule has 1 aromatic heterocycles. The van der Waals surface area contributed by atoms with Crippen molar-refractivity contribution in [3.8, 4) is 22.8 Å². The van der Waals surface area contributed by atoms with Crippen LogP contribution in [-0.2, 0) is 4.79 Å². The van der Waals surface area contributed by atoms with Crippen LogP contribution in [0.4, 0.5) is 5.82 Å². The highest BCUT2D eigenvalue weighted by Crippen LogP contribution is 2.25. The fraction of sp³-hybridized carbons (Fsp3) is 0.304. The summed E-state index contributed by atoms with van der Waals surface area (Å²) in [5.74, 6) is 2.30. The number of carbonyl (C=O) groups is 1. The minimum atomic E-state index is -0.105. The summed E-state index contributed by atoms with van der Waals surface area (Å²) in [7, 11) is 1.66. The number of hydrogen-bond acceptors (Lipinski definition) is 5. The third kappa shape index (κ3) is 4.92. The molecule has 1 atom stereocenters. The van der Waals surface area contributed by atoms with Gasteiger partial charge in [-0.3, -0.25) is 9.89 Å². The first-order chi connectivity index (χ1) is 14.7. The Hall–Kier alpha value is -3.48. The van der Waals surface area contributed by atoms with Crippen LogP contribution in [0.25, 0.3) is 11.3 Å². The number of piperidine rings is 1. The van der Waals surface area contributed by atoms with Crippen molar-refractivity contribution in [2.24, 2.45) is 0 Å². The van der Waals surface area contributed by atoms with Crippen molar-refractivity contribution in [1.82, 2.24) is 15.5 Å². The quantitative estimate of drug-likeness (QED) is 0.630. The Bertz CT molecular complexity index is 956. The number of para-hydroxylation sites is 1. The number of hydrogen-bond donors (Lipinski definition) is 2. The molecule has 30 heavy (non-hydrogen) atoms. The van der Waals surface area contributed by atoms with E-state index in [2.05, 4.69) is 20.4 Å². The summed E-state index contributed by atoms with van der Waals surface area (Å²) in [6.07, 6.45) is 1.94. The van der Waals surface area contributed by atoms with Gasteiger partial charge in [0.2, 0.25) is 0 Å². The number of ether oxygens (including phenoxy) is 2. The molecule has 1 aliphatic heterocycles. The van der Waals surface area contributed by atoms with Gasteiger partial charge in [0.25, 0.3) is 5.91 Å². The maximum atomic E-state index is 12.3. The maximum absolute atomic E-state index is 12.3. The molecule has 1 fully saturated rings. The molecule has 7 nitrogen and oxygen atoms in total. The van der Waals surface area contributed by atoms with Crippen LogP contribution in [-0.4, -0.2) is 49.0 Å². The van der Waals surface area contributed by atoms with Crippen molar-refractivity contribution in [2.45, 2.75) is 18.9 Å². The Morgan fingerprint density at radius 3 is 2.73 bits per heavy atom. The molecule has 4 rings (SSSR count). The Labute approximate surface area is 176 Å². The second-order valence-corrected chi connectivity index (χ2v) is 7.32. The van der Waals surface area contributed by atoms with Crippen LogP contribution in [0.1, 0.15) is 12.8 Å². The SMILES string of the molecule is COc1ccc(-c2cc(N3CCC[C@@H](NC(=O)COc4ccccc4)C3)n[nH]2)cc1. The van der Waals surface area contributed by atoms with E-state index in [1.165, 1.54) is 0 Å². The lowest BCUT2D eigenvalue weighted by Crippen LogP contribution is -2.49. The van der Waals surface area contributed by atoms with Gasteiger partial charge >= 0.3 is 0 Å². The monoisotopic (exact) mass is 406 g/mol. The van der Waals surface area contributed by atoms with E-state index in [0.717, 1.165) is 48.8 Å². The van der Waals surface area contributed by atoms with Crippen LogP contribution in [0.15, 0.2) is 60.7 Å². The number of benzene rings is 2. The second-order valence-electron chi connectivity index (χ2n) is 7.32. The number of H-pyrrole nitrogens is 1. The molecule has 0 spiro atoms. The minimum Gasteiger partial charge on any atom is -0.497 e. The first-order valence-corrected chi connectivity index (χ1v) is 10.1. The van der Waals surface area contributed by atoms with E-state index < -0.39 is 0 Å². The van der Waals surface area contributed by atoms with Gasteiger partial charge in [-0.15, -0.1) is 0 Å². The van der Waals surface area contributed by atoms with Crippen LogP contribution < -0.4 is 19.7 Å². The second kappa shape index (κ2) is 9.35. The number of anilines is 1. The van der Waals surface area contributed by atoms with Crippen LogP contribution in [0.3, 0.4) is 0 Å². The lowest BCUT2D eigenvalue weighted by atomic mass is 10.1. The van der Waals surface area contributed by atoms with Gasteiger partial charge in [-0.1, -0.05) is 18.2 Å². The number of carbonyl (C=O) groups excluding carboxylic acids is 1. The summed E-state index contributed by atoms with van der Waals surface area (Å²) in [5, 5.41) is 10.7. The first-order valence-electron chi connectivity index (χ1n) is 10.1. The average Bonchev–Trinajstić information content (AvgIpc) is 3.29. The zero-order valence-electron chi connectivity index (χ0n) is 17.0. The Morgan fingerprint density at radius 2 is 1.97 bits per heavy atom. The molecule has 0 radical (unpaired) electrons. The molecule has 2 N–H and O–H groups in total. The summed E-state index contributed by atoms with van der Waals surface area (Å²) in [5.41, 5.74) is 2.00. The van der Waals surface area contributed by atoms with Gasteiger partial charge in [0.05, 0.1) is 12.8 Å². The number of aromatic nitrogens is 2. The fourth-order valence-electron chi connectivity index (χ4n) is 3.63. The van der Waals surface area contributed by atoms with Crippen LogP contribution in [0, 0.1) is 0 Å². The summed E-state index contributed by atoms with van der Waals surface area (Å²) < 4.78 is 10.8. The topological polar surface area (TPSA) is 79.5 Å². The van der Waals surface area contributed by atoms with E-state index in [-0.39, 0.29) is 18.6 Å². The van der Waals surface area contributed by atoms with E-state index in [1.807, 2.05) is 60.7 Å². The number of amides is 1. The number of nitrogens with one attached hydrogen (secondary N) is 2. The summed E-state index contributed by atoms with van der Waals surface area (Å²) in [6.45, 7) is 1.66. The van der Waals surface area contributed by atoms with Crippen molar-refractivity contribution >= 4 is 11.7 Å². The molecule has 3 aromatic rings. The minimum absolute atomic E-state index is 0.0184. The van der Waals surface area contributed by atoms with Gasteiger partial charge in [0.15, 0.2) is 12.4 Å². The molecule has 7 heteroatoms. The van der Waals surface area contributed by atoms with Crippen LogP contribution in [0.2, 0.25) is 0 Å². The molecule has 2 heterocycles. The maximum Gasteiger partial charge on any atom is 0.258 e. The fourth-order valence-corrected chi connectivity index (χ4v) is 3.63. The molecule has 2 aromatic carbocycles. The normalized spacial score (nSPS) is 16.2. The predicted molar refractivity (Wildman–Crippen MR) is 116 cm³/mol. The molecule has 0 aliphatic carbocycles. The van der Waals surface area contributed by atoms with E-state index in [4.69, 9.17) is 9.47 Å². The Morgan fingerprint density at radius 1 is 1.17 bits per heavy atom. The zero-order chi connectivity index (χ0) is 20.8. The zero-order valence-corrected chi connectivity index (χ0v) is 17.0. The van der Waals surface area contributed by atoms with Crippen molar-refractivity contribution in [3.63, 3.8) is 0 Å². The van der Waals surface area contributed by atoms with Crippen molar-refractivity contribution in [1.29, 1.82) is 0 Å². The number of aromatic amines is 1. The highest BCUT2D eigenvalue weighted by atomic mass is 16.5. The van der Waals surface area contributed by atoms with E-state index in [0.29, 0.717) is 5.75 Å². The molecule has 0 saturated carbocycles. The molecular formula is C23H26N4O3. The summed E-state index contributed by atoms with van der Waals surface area (Å²) in [6, 6.07) is 19.4. The van der Waals surface area contributed by atoms with Gasteiger partial charge in [-0.05, 0) is 54.8 Å². The number of methoxy groups -OCH3 is 1. The summed E-state index contributed by atoms with van der Waals surface area (Å²) >= 11 is 0. The third-order valence-electron chi connectivity index (χ3n) is 5.19. The van der Waals surface area contributed by atoms with Crippen LogP contribution >= 0.6 is 0 Å². The van der Waals surface area contributed by atoms with Gasteiger partial charge in [-0.2, -0.15) is 5.10 Å². The molecule has 1 saturated heterocycles. The molecule has 156 valence electrons. The van der Waals surface area contributed by atoms with Crippen molar-refractivity contribution in [2.75, 3.05) is 31.7 Å². The predicted octanol–water partition coefficient (Wildman–Crippen LogP) is 3.25. The van der Waals surface area contributed by atoms with Gasteiger partial charge < -0.3 is 19.7 Å². The molecule has 0 unspecified atom stereocenters. The largest absolute Gasteiger partial charge is 0.497 e. The Kier molecular flexibility index (Phi) is 6.17. The molecule has 0 bridgehead atoms. The lowest BCUT2D eigenvalue weighted by Gasteiger charge is -2.33. The van der Waals surface area contributed by atoms with Gasteiger partial charge in [0.1, 0.15) is 11.5 Å². The number of nitrogens with zero attached hydrogens (tertiary/aromatic N) is 2. The van der Waals surface area contributed by atoms with E-state index >= 15 is 0 Å². The highest BCUT2D eigenvalue weighted by Gasteiger charge is 2.23. The Balaban J connectivity index is 1.32. The third-order valence-corrected chi connectivity index (χ3v) is 5.19. The van der Waals surface area contributed by atoms with Gasteiger partial charge in [-0.25, -0.2) is 0 Å². The average molecular weight is 406 g/mol. The standard InChI is InChI=1S/C23H26N4O3/c1-29-19-11-9-17(10-12-19)21-14-22(26-25-21)27-13-5-6-18(15-27)24-23(28)16-30-20-7-3-2-4-8-20/h2-4,7-12,14,18H,5-6,13,15-16H2,1H3,(H,24,28)(H,25,26)/t18-/m1/s1. The van der Waals surface area contributed by atoms with Crippen LogP contribution in [0.5, 0.6) is 11.5 Å². The molecule has 1 amide bonds. The lowest BCUT2D eigenvalue weighted by molar-refractivity contribution is -0.123. The van der Waals surface area contributed by atoms with Gasteiger partial charge in [0, 0.05) is 25.2 Å².